The van der Waals surface area contributed by atoms with E-state index >= 15 is 0 Å². The first-order chi connectivity index (χ1) is 11.5. The quantitative estimate of drug-likeness (QED) is 0.864. The molecule has 1 heterocycles. The summed E-state index contributed by atoms with van der Waals surface area (Å²) in [5.41, 5.74) is -0.0268. The van der Waals surface area contributed by atoms with Crippen LogP contribution in [0, 0.1) is 11.7 Å². The number of carbonyl (C=O) groups excluding carboxylic acids is 1. The van der Waals surface area contributed by atoms with Crippen molar-refractivity contribution in [1.82, 2.24) is 10.2 Å². The monoisotopic (exact) mass is 342 g/mol. The normalized spacial score (nSPS) is 18.9. The third kappa shape index (κ3) is 4.41. The molecule has 1 aliphatic heterocycles. The molecule has 1 saturated carbocycles. The van der Waals surface area contributed by atoms with Crippen LogP contribution >= 0.6 is 0 Å². The van der Waals surface area contributed by atoms with Gasteiger partial charge in [-0.2, -0.15) is 8.78 Å². The van der Waals surface area contributed by atoms with Crippen molar-refractivity contribution in [3.05, 3.63) is 29.6 Å². The highest BCUT2D eigenvalue weighted by molar-refractivity contribution is 5.97. The summed E-state index contributed by atoms with van der Waals surface area (Å²) in [6.45, 7) is -0.974. The first-order valence-corrected chi connectivity index (χ1v) is 8.30. The third-order valence-corrected chi connectivity index (χ3v) is 4.56. The highest BCUT2D eigenvalue weighted by Gasteiger charge is 2.28. The molecular weight excluding hydrogens is 321 g/mol. The Morgan fingerprint density at radius 3 is 2.58 bits per heavy atom. The number of hydrogen-bond donors (Lipinski definition) is 1. The van der Waals surface area contributed by atoms with Crippen LogP contribution in [0.3, 0.4) is 0 Å². The number of carbonyl (C=O) groups is 1. The Hall–Kier alpha value is -1.76. The molecule has 4 nitrogen and oxygen atoms in total. The maximum Gasteiger partial charge on any atom is 0.387 e. The van der Waals surface area contributed by atoms with Crippen LogP contribution in [0.5, 0.6) is 5.75 Å². The molecule has 0 radical (unpaired) electrons. The highest BCUT2D eigenvalue weighted by Crippen LogP contribution is 2.28. The number of likely N-dealkylation sites (tertiary alicyclic amines) is 1. The molecule has 1 aromatic rings. The molecule has 7 heteroatoms. The second-order valence-electron chi connectivity index (χ2n) is 6.44. The molecule has 1 aliphatic carbocycles. The standard InChI is InChI=1S/C17H21F3N2O2/c18-12-3-4-14(15(9-12)24-17(19)20)16(23)22-7-5-13(6-8-22)21-10-11-1-2-11/h3-4,9,11,13,17,21H,1-2,5-8,10H2. The van der Waals surface area contributed by atoms with Crippen molar-refractivity contribution in [2.75, 3.05) is 19.6 Å². The first-order valence-electron chi connectivity index (χ1n) is 8.30. The van der Waals surface area contributed by atoms with Gasteiger partial charge < -0.3 is 15.0 Å². The van der Waals surface area contributed by atoms with Gasteiger partial charge in [-0.15, -0.1) is 0 Å². The predicted molar refractivity (Wildman–Crippen MR) is 82.7 cm³/mol. The lowest BCUT2D eigenvalue weighted by molar-refractivity contribution is -0.0504. The summed E-state index contributed by atoms with van der Waals surface area (Å²) in [5.74, 6) is -0.724. The van der Waals surface area contributed by atoms with E-state index in [9.17, 15) is 18.0 Å². The Morgan fingerprint density at radius 1 is 1.25 bits per heavy atom. The molecule has 1 aromatic carbocycles. The second kappa shape index (κ2) is 7.42. The Bertz CT molecular complexity index is 585. The zero-order valence-electron chi connectivity index (χ0n) is 13.3. The third-order valence-electron chi connectivity index (χ3n) is 4.56. The zero-order chi connectivity index (χ0) is 17.1. The zero-order valence-corrected chi connectivity index (χ0v) is 13.3. The maximum absolute atomic E-state index is 13.3. The van der Waals surface area contributed by atoms with Crippen molar-refractivity contribution in [1.29, 1.82) is 0 Å². The number of amides is 1. The van der Waals surface area contributed by atoms with Gasteiger partial charge in [0.25, 0.3) is 5.91 Å². The molecule has 2 fully saturated rings. The van der Waals surface area contributed by atoms with Crippen molar-refractivity contribution in [2.24, 2.45) is 5.92 Å². The SMILES string of the molecule is O=C(c1ccc(F)cc1OC(F)F)N1CCC(NCC2CC2)CC1. The lowest BCUT2D eigenvalue weighted by Crippen LogP contribution is -2.45. The molecule has 3 rings (SSSR count). The summed E-state index contributed by atoms with van der Waals surface area (Å²) in [7, 11) is 0. The van der Waals surface area contributed by atoms with Crippen LogP contribution in [0.4, 0.5) is 13.2 Å². The number of nitrogens with zero attached hydrogens (tertiary/aromatic N) is 1. The molecule has 0 unspecified atom stereocenters. The summed E-state index contributed by atoms with van der Waals surface area (Å²) < 4.78 is 42.5. The number of alkyl halides is 2. The molecule has 0 atom stereocenters. The summed E-state index contributed by atoms with van der Waals surface area (Å²) in [5, 5.41) is 3.52. The van der Waals surface area contributed by atoms with E-state index in [0.717, 1.165) is 37.4 Å². The minimum Gasteiger partial charge on any atom is -0.434 e. The summed E-state index contributed by atoms with van der Waals surface area (Å²) >= 11 is 0. The number of piperidine rings is 1. The van der Waals surface area contributed by atoms with Gasteiger partial charge in [-0.3, -0.25) is 4.79 Å². The second-order valence-corrected chi connectivity index (χ2v) is 6.44. The summed E-state index contributed by atoms with van der Waals surface area (Å²) in [6, 6.07) is 3.49. The van der Waals surface area contributed by atoms with Gasteiger partial charge in [0.1, 0.15) is 11.6 Å². The molecule has 1 amide bonds. The van der Waals surface area contributed by atoms with Gasteiger partial charge in [0.15, 0.2) is 0 Å². The molecule has 0 bridgehead atoms. The fourth-order valence-corrected chi connectivity index (χ4v) is 2.98. The molecule has 24 heavy (non-hydrogen) atoms. The average molecular weight is 342 g/mol. The van der Waals surface area contributed by atoms with Crippen LogP contribution in [0.1, 0.15) is 36.0 Å². The van der Waals surface area contributed by atoms with Gasteiger partial charge >= 0.3 is 6.61 Å². The van der Waals surface area contributed by atoms with Gasteiger partial charge in [0.05, 0.1) is 5.56 Å². The number of rotatable bonds is 6. The highest BCUT2D eigenvalue weighted by atomic mass is 19.3. The van der Waals surface area contributed by atoms with E-state index < -0.39 is 24.1 Å². The Kier molecular flexibility index (Phi) is 5.28. The van der Waals surface area contributed by atoms with Gasteiger partial charge in [0, 0.05) is 25.2 Å². The van der Waals surface area contributed by atoms with Gasteiger partial charge in [-0.05, 0) is 50.3 Å². The van der Waals surface area contributed by atoms with E-state index in [0.29, 0.717) is 19.1 Å². The average Bonchev–Trinajstić information content (AvgIpc) is 3.37. The van der Waals surface area contributed by atoms with Crippen LogP contribution < -0.4 is 10.1 Å². The van der Waals surface area contributed by atoms with E-state index in [-0.39, 0.29) is 5.56 Å². The van der Waals surface area contributed by atoms with Crippen LogP contribution in [0.2, 0.25) is 0 Å². The van der Waals surface area contributed by atoms with Gasteiger partial charge in [0.2, 0.25) is 0 Å². The predicted octanol–water partition coefficient (Wildman–Crippen LogP) is 3.03. The Labute approximate surface area is 139 Å². The van der Waals surface area contributed by atoms with Crippen molar-refractivity contribution < 1.29 is 22.7 Å². The van der Waals surface area contributed by atoms with E-state index in [1.807, 2.05) is 0 Å². The van der Waals surface area contributed by atoms with Crippen LogP contribution in [-0.4, -0.2) is 43.1 Å². The Balaban J connectivity index is 1.60. The van der Waals surface area contributed by atoms with E-state index in [1.165, 1.54) is 18.9 Å². The minimum absolute atomic E-state index is 0.0268. The van der Waals surface area contributed by atoms with E-state index in [1.54, 1.807) is 4.90 Å². The molecule has 1 saturated heterocycles. The topological polar surface area (TPSA) is 41.6 Å². The van der Waals surface area contributed by atoms with Crippen LogP contribution in [-0.2, 0) is 0 Å². The summed E-state index contributed by atoms with van der Waals surface area (Å²) in [6.07, 6.45) is 4.24. The van der Waals surface area contributed by atoms with Gasteiger partial charge in [-0.25, -0.2) is 4.39 Å². The van der Waals surface area contributed by atoms with Crippen LogP contribution in [0.15, 0.2) is 18.2 Å². The lowest BCUT2D eigenvalue weighted by atomic mass is 10.0. The fraction of sp³-hybridized carbons (Fsp3) is 0.588. The molecule has 0 spiro atoms. The molecule has 2 aliphatic rings. The van der Waals surface area contributed by atoms with Crippen molar-refractivity contribution in [3.63, 3.8) is 0 Å². The molecule has 132 valence electrons. The number of ether oxygens (including phenoxy) is 1. The van der Waals surface area contributed by atoms with Crippen molar-refractivity contribution in [3.8, 4) is 5.75 Å². The largest absolute Gasteiger partial charge is 0.434 e. The maximum atomic E-state index is 13.3. The molecule has 0 aromatic heterocycles. The Morgan fingerprint density at radius 2 is 1.96 bits per heavy atom. The van der Waals surface area contributed by atoms with Crippen molar-refractivity contribution >= 4 is 5.91 Å². The van der Waals surface area contributed by atoms with Crippen molar-refractivity contribution in [2.45, 2.75) is 38.3 Å². The number of nitrogens with one attached hydrogen (secondary N) is 1. The van der Waals surface area contributed by atoms with E-state index in [2.05, 4.69) is 10.1 Å². The van der Waals surface area contributed by atoms with E-state index in [4.69, 9.17) is 0 Å². The first kappa shape index (κ1) is 17.1. The summed E-state index contributed by atoms with van der Waals surface area (Å²) in [4.78, 5) is 14.2. The molecule has 1 N–H and O–H groups in total. The van der Waals surface area contributed by atoms with Crippen LogP contribution in [0.25, 0.3) is 0 Å². The number of hydrogen-bond acceptors (Lipinski definition) is 3. The number of halogens is 3. The minimum atomic E-state index is -3.10. The fourth-order valence-electron chi connectivity index (χ4n) is 2.98. The lowest BCUT2D eigenvalue weighted by Gasteiger charge is -2.33. The van der Waals surface area contributed by atoms with Gasteiger partial charge in [-0.1, -0.05) is 0 Å². The smallest absolute Gasteiger partial charge is 0.387 e. The molecular formula is C17H21F3N2O2. The number of benzene rings is 1.